The lowest BCUT2D eigenvalue weighted by Crippen LogP contribution is -2.54. The van der Waals surface area contributed by atoms with Crippen molar-refractivity contribution >= 4 is 23.5 Å². The molecular weight excluding hydrogens is 298 g/mol. The summed E-state index contributed by atoms with van der Waals surface area (Å²) >= 11 is 4.42. The van der Waals surface area contributed by atoms with Gasteiger partial charge in [0.05, 0.1) is 5.60 Å². The molecule has 0 amide bonds. The molecule has 5 unspecified atom stereocenters. The van der Waals surface area contributed by atoms with Crippen LogP contribution in [0.4, 0.5) is 0 Å². The number of rotatable bonds is 4. The van der Waals surface area contributed by atoms with Gasteiger partial charge in [-0.2, -0.15) is 23.5 Å². The van der Waals surface area contributed by atoms with Gasteiger partial charge in [0, 0.05) is 34.2 Å². The van der Waals surface area contributed by atoms with Gasteiger partial charge in [-0.05, 0) is 44.6 Å². The van der Waals surface area contributed by atoms with E-state index in [0.717, 1.165) is 34.8 Å². The van der Waals surface area contributed by atoms with Crippen molar-refractivity contribution < 1.29 is 4.74 Å². The molecule has 1 saturated carbocycles. The maximum absolute atomic E-state index is 6.15. The molecule has 2 aliphatic heterocycles. The van der Waals surface area contributed by atoms with Gasteiger partial charge in [0.25, 0.3) is 0 Å². The molecule has 2 heterocycles. The zero-order chi connectivity index (χ0) is 14.9. The first-order valence-electron chi connectivity index (χ1n) is 8.78. The van der Waals surface area contributed by atoms with Crippen molar-refractivity contribution in [1.82, 2.24) is 5.32 Å². The van der Waals surface area contributed by atoms with E-state index in [0.29, 0.717) is 6.04 Å². The van der Waals surface area contributed by atoms with Gasteiger partial charge >= 0.3 is 0 Å². The molecule has 0 bridgehead atoms. The molecular formula is C17H31NOS2. The Morgan fingerprint density at radius 3 is 2.71 bits per heavy atom. The average molecular weight is 330 g/mol. The Hall–Kier alpha value is 0.620. The largest absolute Gasteiger partial charge is 0.375 e. The molecule has 1 aliphatic carbocycles. The van der Waals surface area contributed by atoms with Crippen LogP contribution in [0.1, 0.15) is 52.9 Å². The van der Waals surface area contributed by atoms with Crippen molar-refractivity contribution in [3.63, 3.8) is 0 Å². The zero-order valence-electron chi connectivity index (χ0n) is 13.8. The highest BCUT2D eigenvalue weighted by Crippen LogP contribution is 2.47. The van der Waals surface area contributed by atoms with Crippen molar-refractivity contribution in [2.75, 3.05) is 18.9 Å². The van der Waals surface area contributed by atoms with E-state index in [9.17, 15) is 0 Å². The van der Waals surface area contributed by atoms with Crippen LogP contribution in [0.3, 0.4) is 0 Å². The average Bonchev–Trinajstić information content (AvgIpc) is 2.46. The second-order valence-corrected chi connectivity index (χ2v) is 10.2. The van der Waals surface area contributed by atoms with Gasteiger partial charge < -0.3 is 10.1 Å². The number of thioether (sulfide) groups is 2. The Bertz CT molecular complexity index is 348. The molecule has 1 N–H and O–H groups in total. The highest BCUT2D eigenvalue weighted by Gasteiger charge is 2.46. The van der Waals surface area contributed by atoms with Crippen LogP contribution in [-0.4, -0.2) is 46.3 Å². The maximum Gasteiger partial charge on any atom is 0.0685 e. The highest BCUT2D eigenvalue weighted by atomic mass is 32.2. The van der Waals surface area contributed by atoms with Crippen molar-refractivity contribution in [2.45, 2.75) is 80.3 Å². The molecule has 2 saturated heterocycles. The van der Waals surface area contributed by atoms with Gasteiger partial charge in [0.1, 0.15) is 0 Å². The van der Waals surface area contributed by atoms with E-state index >= 15 is 0 Å². The summed E-state index contributed by atoms with van der Waals surface area (Å²) in [6.45, 7) is 9.15. The minimum absolute atomic E-state index is 0.280. The second-order valence-electron chi connectivity index (χ2n) is 7.14. The molecule has 4 heteroatoms. The monoisotopic (exact) mass is 329 g/mol. The van der Waals surface area contributed by atoms with Gasteiger partial charge in [-0.25, -0.2) is 0 Å². The van der Waals surface area contributed by atoms with E-state index in [2.05, 4.69) is 49.6 Å². The number of hydrogen-bond acceptors (Lipinski definition) is 4. The van der Waals surface area contributed by atoms with E-state index in [-0.39, 0.29) is 5.60 Å². The molecule has 0 aromatic heterocycles. The Labute approximate surface area is 138 Å². The van der Waals surface area contributed by atoms with Crippen LogP contribution < -0.4 is 5.32 Å². The van der Waals surface area contributed by atoms with Gasteiger partial charge in [-0.3, -0.25) is 0 Å². The normalized spacial score (nSPS) is 40.7. The highest BCUT2D eigenvalue weighted by molar-refractivity contribution is 8.07. The fraction of sp³-hybridized carbons (Fsp3) is 1.00. The van der Waals surface area contributed by atoms with Gasteiger partial charge in [0.2, 0.25) is 0 Å². The third kappa shape index (κ3) is 3.59. The van der Waals surface area contributed by atoms with Crippen LogP contribution in [0.15, 0.2) is 0 Å². The van der Waals surface area contributed by atoms with E-state index in [1.165, 1.54) is 37.9 Å². The Morgan fingerprint density at radius 2 is 2.10 bits per heavy atom. The molecule has 122 valence electrons. The van der Waals surface area contributed by atoms with Crippen LogP contribution in [-0.2, 0) is 4.74 Å². The number of nitrogens with one attached hydrogen (secondary N) is 1. The lowest BCUT2D eigenvalue weighted by Gasteiger charge is -2.50. The molecule has 1 spiro atoms. The molecule has 2 nitrogen and oxygen atoms in total. The van der Waals surface area contributed by atoms with E-state index < -0.39 is 0 Å². The zero-order valence-corrected chi connectivity index (χ0v) is 15.4. The fourth-order valence-electron chi connectivity index (χ4n) is 4.13. The third-order valence-electron chi connectivity index (χ3n) is 5.72. The van der Waals surface area contributed by atoms with Crippen LogP contribution in [0.5, 0.6) is 0 Å². The summed E-state index contributed by atoms with van der Waals surface area (Å²) in [5.74, 6) is 2.13. The van der Waals surface area contributed by atoms with Gasteiger partial charge in [0.15, 0.2) is 0 Å². The summed E-state index contributed by atoms with van der Waals surface area (Å²) < 4.78 is 6.15. The number of hydrogen-bond donors (Lipinski definition) is 1. The minimum atomic E-state index is 0.280. The molecule has 0 aromatic rings. The summed E-state index contributed by atoms with van der Waals surface area (Å²) in [5.41, 5.74) is 0.280. The Balaban J connectivity index is 1.65. The maximum atomic E-state index is 6.15. The van der Waals surface area contributed by atoms with Crippen LogP contribution in [0.25, 0.3) is 0 Å². The molecule has 0 radical (unpaired) electrons. The summed E-state index contributed by atoms with van der Waals surface area (Å²) in [6.07, 6.45) is 6.55. The van der Waals surface area contributed by atoms with Crippen LogP contribution in [0.2, 0.25) is 0 Å². The minimum Gasteiger partial charge on any atom is -0.375 e. The number of ether oxygens (including phenoxy) is 1. The van der Waals surface area contributed by atoms with E-state index in [1.54, 1.807) is 0 Å². The molecule has 5 atom stereocenters. The SMILES string of the molecule is CCNC(C1CCOC2(CCC2)C1)C1CSC(C)C(C)S1. The molecule has 0 aromatic carbocycles. The summed E-state index contributed by atoms with van der Waals surface area (Å²) in [6, 6.07) is 0.684. The van der Waals surface area contributed by atoms with Crippen LogP contribution >= 0.6 is 23.5 Å². The van der Waals surface area contributed by atoms with Crippen molar-refractivity contribution in [3.05, 3.63) is 0 Å². The smallest absolute Gasteiger partial charge is 0.0685 e. The molecule has 3 fully saturated rings. The predicted molar refractivity (Wildman–Crippen MR) is 95.5 cm³/mol. The van der Waals surface area contributed by atoms with Gasteiger partial charge in [-0.15, -0.1) is 0 Å². The van der Waals surface area contributed by atoms with Crippen molar-refractivity contribution in [1.29, 1.82) is 0 Å². The quantitative estimate of drug-likeness (QED) is 0.843. The molecule has 21 heavy (non-hydrogen) atoms. The first-order valence-corrected chi connectivity index (χ1v) is 10.8. The lowest BCUT2D eigenvalue weighted by atomic mass is 9.70. The lowest BCUT2D eigenvalue weighted by molar-refractivity contribution is -0.146. The summed E-state index contributed by atoms with van der Waals surface area (Å²) in [4.78, 5) is 0. The topological polar surface area (TPSA) is 21.3 Å². The van der Waals surface area contributed by atoms with E-state index in [4.69, 9.17) is 4.74 Å². The first-order chi connectivity index (χ1) is 10.1. The van der Waals surface area contributed by atoms with Gasteiger partial charge in [-0.1, -0.05) is 20.8 Å². The van der Waals surface area contributed by atoms with E-state index in [1.807, 2.05) is 0 Å². The first kappa shape index (κ1) is 16.5. The molecule has 3 aliphatic rings. The summed E-state index contributed by atoms with van der Waals surface area (Å²) in [7, 11) is 0. The Morgan fingerprint density at radius 1 is 1.29 bits per heavy atom. The fourth-order valence-corrected chi connectivity index (χ4v) is 7.34. The van der Waals surface area contributed by atoms with Crippen LogP contribution in [0, 0.1) is 5.92 Å². The van der Waals surface area contributed by atoms with Crippen molar-refractivity contribution in [3.8, 4) is 0 Å². The predicted octanol–water partition coefficient (Wildman–Crippen LogP) is 3.94. The second kappa shape index (κ2) is 7.02. The molecule has 3 rings (SSSR count). The third-order valence-corrected chi connectivity index (χ3v) is 9.23. The van der Waals surface area contributed by atoms with Crippen molar-refractivity contribution in [2.24, 2.45) is 5.92 Å². The standard InChI is InChI=1S/C17H31NOS2/c1-4-18-16(15-11-20-12(2)13(3)21-15)14-6-9-19-17(10-14)7-5-8-17/h12-16,18H,4-11H2,1-3H3. The summed E-state index contributed by atoms with van der Waals surface area (Å²) in [5, 5.41) is 6.22. The Kier molecular flexibility index (Phi) is 5.51.